The second-order valence-corrected chi connectivity index (χ2v) is 5.39. The molecule has 116 valence electrons. The number of aromatic amines is 1. The van der Waals surface area contributed by atoms with E-state index in [0.29, 0.717) is 26.1 Å². The van der Waals surface area contributed by atoms with Crippen molar-refractivity contribution in [2.75, 3.05) is 13.2 Å². The Hall–Kier alpha value is -2.21. The summed E-state index contributed by atoms with van der Waals surface area (Å²) in [6.45, 7) is 0.994. The van der Waals surface area contributed by atoms with E-state index in [1.807, 2.05) is 0 Å². The molecule has 2 aromatic rings. The molecule has 1 aliphatic heterocycles. The molecule has 0 radical (unpaired) electrons. The topological polar surface area (TPSA) is 54.1 Å². The highest BCUT2D eigenvalue weighted by Gasteiger charge is 2.36. The summed E-state index contributed by atoms with van der Waals surface area (Å²) in [6.07, 6.45) is 2.28. The quantitative estimate of drug-likeness (QED) is 0.916. The van der Waals surface area contributed by atoms with Crippen molar-refractivity contribution in [1.29, 1.82) is 0 Å². The average molecular weight is 306 g/mol. The standard InChI is InChI=1S/C16H16F2N2O2/c17-12-3-1-11(2-4-12)16(5-7-22-8-6-16)20-15(21)14-9-13(18)10-19-14/h1-4,9-10,19H,5-8H2,(H,20,21). The second kappa shape index (κ2) is 5.88. The molecular formula is C16H16F2N2O2. The zero-order valence-corrected chi connectivity index (χ0v) is 11.9. The van der Waals surface area contributed by atoms with Gasteiger partial charge in [0.2, 0.25) is 0 Å². The minimum absolute atomic E-state index is 0.158. The van der Waals surface area contributed by atoms with E-state index < -0.39 is 17.3 Å². The molecule has 6 heteroatoms. The van der Waals surface area contributed by atoms with Crippen molar-refractivity contribution in [3.8, 4) is 0 Å². The van der Waals surface area contributed by atoms with Crippen LogP contribution in [0.2, 0.25) is 0 Å². The largest absolute Gasteiger partial charge is 0.381 e. The van der Waals surface area contributed by atoms with Crippen molar-refractivity contribution >= 4 is 5.91 Å². The summed E-state index contributed by atoms with van der Waals surface area (Å²) < 4.78 is 31.6. The summed E-state index contributed by atoms with van der Waals surface area (Å²) in [5, 5.41) is 2.96. The number of benzene rings is 1. The Kier molecular flexibility index (Phi) is 3.94. The van der Waals surface area contributed by atoms with Crippen LogP contribution in [0.25, 0.3) is 0 Å². The lowest BCUT2D eigenvalue weighted by Gasteiger charge is -2.38. The highest BCUT2D eigenvalue weighted by Crippen LogP contribution is 2.32. The molecule has 4 nitrogen and oxygen atoms in total. The lowest BCUT2D eigenvalue weighted by Crippen LogP contribution is -2.49. The smallest absolute Gasteiger partial charge is 0.268 e. The molecule has 0 saturated carbocycles. The van der Waals surface area contributed by atoms with Crippen LogP contribution < -0.4 is 5.32 Å². The minimum atomic E-state index is -0.634. The van der Waals surface area contributed by atoms with Gasteiger partial charge in [0.25, 0.3) is 5.91 Å². The molecule has 22 heavy (non-hydrogen) atoms. The molecule has 1 aromatic carbocycles. The molecule has 1 fully saturated rings. The fourth-order valence-electron chi connectivity index (χ4n) is 2.76. The molecule has 0 spiro atoms. The summed E-state index contributed by atoms with van der Waals surface area (Å²) in [6, 6.07) is 7.21. The molecule has 1 aromatic heterocycles. The third-order valence-corrected chi connectivity index (χ3v) is 3.99. The Morgan fingerprint density at radius 1 is 1.14 bits per heavy atom. The molecule has 1 saturated heterocycles. The number of H-pyrrole nitrogens is 1. The zero-order valence-electron chi connectivity index (χ0n) is 11.9. The maximum atomic E-state index is 13.2. The molecule has 1 amide bonds. The fraction of sp³-hybridized carbons (Fsp3) is 0.312. The van der Waals surface area contributed by atoms with Gasteiger partial charge >= 0.3 is 0 Å². The van der Waals surface area contributed by atoms with E-state index in [0.717, 1.165) is 17.8 Å². The Labute approximate surface area is 126 Å². The second-order valence-electron chi connectivity index (χ2n) is 5.39. The number of halogens is 2. The first-order valence-corrected chi connectivity index (χ1v) is 7.09. The van der Waals surface area contributed by atoms with Crippen molar-refractivity contribution in [2.24, 2.45) is 0 Å². The number of aromatic nitrogens is 1. The summed E-state index contributed by atoms with van der Waals surface area (Å²) in [5.41, 5.74) is 0.341. The van der Waals surface area contributed by atoms with Gasteiger partial charge in [-0.2, -0.15) is 0 Å². The first-order valence-electron chi connectivity index (χ1n) is 7.09. The monoisotopic (exact) mass is 306 g/mol. The van der Waals surface area contributed by atoms with Crippen LogP contribution in [0.15, 0.2) is 36.5 Å². The molecule has 0 atom stereocenters. The predicted molar refractivity (Wildman–Crippen MR) is 76.3 cm³/mol. The average Bonchev–Trinajstić information content (AvgIpc) is 2.95. The van der Waals surface area contributed by atoms with E-state index in [-0.39, 0.29) is 11.5 Å². The van der Waals surface area contributed by atoms with Crippen LogP contribution in [0.4, 0.5) is 8.78 Å². The van der Waals surface area contributed by atoms with E-state index in [1.165, 1.54) is 12.1 Å². The van der Waals surface area contributed by atoms with Crippen LogP contribution in [0.1, 0.15) is 28.9 Å². The fourth-order valence-corrected chi connectivity index (χ4v) is 2.76. The van der Waals surface area contributed by atoms with Gasteiger partial charge in [-0.05, 0) is 30.5 Å². The van der Waals surface area contributed by atoms with Crippen LogP contribution in [0, 0.1) is 11.6 Å². The summed E-state index contributed by atoms with van der Waals surface area (Å²) in [7, 11) is 0. The third kappa shape index (κ3) is 2.87. The molecule has 0 aliphatic carbocycles. The van der Waals surface area contributed by atoms with Gasteiger partial charge in [-0.25, -0.2) is 8.78 Å². The Bertz CT molecular complexity index is 661. The van der Waals surface area contributed by atoms with E-state index in [4.69, 9.17) is 4.74 Å². The third-order valence-electron chi connectivity index (χ3n) is 3.99. The Balaban J connectivity index is 1.89. The van der Waals surface area contributed by atoms with Gasteiger partial charge in [-0.1, -0.05) is 12.1 Å². The Morgan fingerprint density at radius 3 is 2.41 bits per heavy atom. The van der Waals surface area contributed by atoms with Crippen LogP contribution >= 0.6 is 0 Å². The normalized spacial score (nSPS) is 17.2. The lowest BCUT2D eigenvalue weighted by atomic mass is 9.82. The van der Waals surface area contributed by atoms with Crippen LogP contribution in [0.3, 0.4) is 0 Å². The van der Waals surface area contributed by atoms with Gasteiger partial charge in [-0.15, -0.1) is 0 Å². The number of nitrogens with one attached hydrogen (secondary N) is 2. The number of hydrogen-bond donors (Lipinski definition) is 2. The zero-order chi connectivity index (χ0) is 15.6. The van der Waals surface area contributed by atoms with E-state index in [9.17, 15) is 13.6 Å². The van der Waals surface area contributed by atoms with Crippen molar-refractivity contribution in [3.63, 3.8) is 0 Å². The van der Waals surface area contributed by atoms with Crippen molar-refractivity contribution < 1.29 is 18.3 Å². The van der Waals surface area contributed by atoms with E-state index in [1.54, 1.807) is 12.1 Å². The first kappa shape index (κ1) is 14.7. The molecule has 3 rings (SSSR count). The minimum Gasteiger partial charge on any atom is -0.381 e. The van der Waals surface area contributed by atoms with Gasteiger partial charge in [0, 0.05) is 25.5 Å². The Morgan fingerprint density at radius 2 is 1.82 bits per heavy atom. The van der Waals surface area contributed by atoms with Crippen LogP contribution in [-0.4, -0.2) is 24.1 Å². The van der Waals surface area contributed by atoms with Gasteiger partial charge in [-0.3, -0.25) is 4.79 Å². The summed E-state index contributed by atoms with van der Waals surface area (Å²) in [4.78, 5) is 14.9. The maximum Gasteiger partial charge on any atom is 0.268 e. The molecule has 0 bridgehead atoms. The summed E-state index contributed by atoms with van der Waals surface area (Å²) in [5.74, 6) is -1.22. The molecule has 1 aliphatic rings. The van der Waals surface area contributed by atoms with E-state index >= 15 is 0 Å². The number of carbonyl (C=O) groups is 1. The van der Waals surface area contributed by atoms with Gasteiger partial charge in [0.15, 0.2) is 0 Å². The SMILES string of the molecule is O=C(NC1(c2ccc(F)cc2)CCOCC1)c1cc(F)c[nH]1. The van der Waals surface area contributed by atoms with Crippen molar-refractivity contribution in [3.05, 3.63) is 59.4 Å². The van der Waals surface area contributed by atoms with E-state index in [2.05, 4.69) is 10.3 Å². The van der Waals surface area contributed by atoms with Gasteiger partial charge < -0.3 is 15.0 Å². The molecule has 2 heterocycles. The number of carbonyl (C=O) groups excluding carboxylic acids is 1. The number of amides is 1. The van der Waals surface area contributed by atoms with Gasteiger partial charge in [0.05, 0.1) is 5.54 Å². The molecule has 0 unspecified atom stereocenters. The molecule has 2 N–H and O–H groups in total. The van der Waals surface area contributed by atoms with Crippen molar-refractivity contribution in [2.45, 2.75) is 18.4 Å². The highest BCUT2D eigenvalue weighted by molar-refractivity contribution is 5.93. The van der Waals surface area contributed by atoms with Crippen LogP contribution in [0.5, 0.6) is 0 Å². The first-order chi connectivity index (χ1) is 10.6. The number of hydrogen-bond acceptors (Lipinski definition) is 2. The lowest BCUT2D eigenvalue weighted by molar-refractivity contribution is 0.0344. The molecular weight excluding hydrogens is 290 g/mol. The van der Waals surface area contributed by atoms with Gasteiger partial charge in [0.1, 0.15) is 17.3 Å². The summed E-state index contributed by atoms with van der Waals surface area (Å²) >= 11 is 0. The number of rotatable bonds is 3. The highest BCUT2D eigenvalue weighted by atomic mass is 19.1. The van der Waals surface area contributed by atoms with Crippen molar-refractivity contribution in [1.82, 2.24) is 10.3 Å². The number of ether oxygens (including phenoxy) is 1. The predicted octanol–water partition coefficient (Wildman–Crippen LogP) is 2.73. The van der Waals surface area contributed by atoms with Crippen LogP contribution in [-0.2, 0) is 10.3 Å². The maximum absolute atomic E-state index is 13.2.